The lowest BCUT2D eigenvalue weighted by atomic mass is 10.1. The first-order valence-corrected chi connectivity index (χ1v) is 8.61. The molecule has 0 aliphatic carbocycles. The van der Waals surface area contributed by atoms with Crippen molar-refractivity contribution in [3.05, 3.63) is 45.6 Å². The molecule has 1 amide bonds. The van der Waals surface area contributed by atoms with Crippen LogP contribution in [0.2, 0.25) is 10.0 Å². The average Bonchev–Trinajstić information content (AvgIpc) is 2.87. The van der Waals surface area contributed by atoms with Gasteiger partial charge in [0, 0.05) is 23.7 Å². The van der Waals surface area contributed by atoms with Crippen molar-refractivity contribution in [1.82, 2.24) is 4.90 Å². The molecular weight excluding hydrogens is 349 g/mol. The van der Waals surface area contributed by atoms with Crippen molar-refractivity contribution in [2.24, 2.45) is 0 Å². The van der Waals surface area contributed by atoms with E-state index in [1.165, 1.54) is 0 Å². The Kier molecular flexibility index (Phi) is 4.90. The minimum atomic E-state index is -0.0467. The van der Waals surface area contributed by atoms with E-state index >= 15 is 0 Å². The van der Waals surface area contributed by atoms with Crippen LogP contribution in [0.15, 0.2) is 28.7 Å². The van der Waals surface area contributed by atoms with E-state index in [-0.39, 0.29) is 18.1 Å². The molecule has 1 aliphatic heterocycles. The number of carbonyl (C=O) groups excluding carboxylic acids is 1. The van der Waals surface area contributed by atoms with Crippen LogP contribution in [0.1, 0.15) is 30.0 Å². The number of morpholine rings is 1. The summed E-state index contributed by atoms with van der Waals surface area (Å²) in [6.45, 7) is 6.87. The number of halogens is 2. The number of ether oxygens (including phenoxy) is 1. The van der Waals surface area contributed by atoms with Gasteiger partial charge in [0.25, 0.3) is 5.91 Å². The summed E-state index contributed by atoms with van der Waals surface area (Å²) in [5, 5.41) is 1.04. The van der Waals surface area contributed by atoms with Crippen LogP contribution in [0.3, 0.4) is 0 Å². The Bertz CT molecular complexity index is 762. The predicted octanol–water partition coefficient (Wildman–Crippen LogP) is 4.81. The van der Waals surface area contributed by atoms with Gasteiger partial charge < -0.3 is 14.1 Å². The Labute approximate surface area is 151 Å². The van der Waals surface area contributed by atoms with Gasteiger partial charge in [-0.1, -0.05) is 23.2 Å². The summed E-state index contributed by atoms with van der Waals surface area (Å²) < 4.78 is 11.5. The highest BCUT2D eigenvalue weighted by atomic mass is 35.5. The average molecular weight is 368 g/mol. The van der Waals surface area contributed by atoms with Gasteiger partial charge in [0.05, 0.1) is 22.8 Å². The maximum absolute atomic E-state index is 12.9. The van der Waals surface area contributed by atoms with Crippen molar-refractivity contribution >= 4 is 29.1 Å². The lowest BCUT2D eigenvalue weighted by molar-refractivity contribution is -0.0586. The fraction of sp³-hybridized carbons (Fsp3) is 0.389. The van der Waals surface area contributed by atoms with Crippen molar-refractivity contribution in [2.75, 3.05) is 13.1 Å². The highest BCUT2D eigenvalue weighted by Gasteiger charge is 2.29. The molecule has 1 aliphatic rings. The third kappa shape index (κ3) is 3.46. The molecule has 0 saturated carbocycles. The van der Waals surface area contributed by atoms with E-state index in [9.17, 15) is 4.79 Å². The molecule has 24 heavy (non-hydrogen) atoms. The summed E-state index contributed by atoms with van der Waals surface area (Å²) in [6.07, 6.45) is 0.0465. The fourth-order valence-corrected chi connectivity index (χ4v) is 3.53. The second kappa shape index (κ2) is 6.79. The molecule has 0 N–H and O–H groups in total. The number of benzene rings is 1. The minimum absolute atomic E-state index is 0.0232. The van der Waals surface area contributed by atoms with Crippen LogP contribution >= 0.6 is 23.2 Å². The zero-order valence-electron chi connectivity index (χ0n) is 13.8. The molecule has 1 fully saturated rings. The van der Waals surface area contributed by atoms with Crippen LogP contribution in [0.4, 0.5) is 0 Å². The zero-order chi connectivity index (χ0) is 17.4. The Morgan fingerprint density at radius 3 is 2.46 bits per heavy atom. The SMILES string of the molecule is Cc1oc(-c2ccc(Cl)cc2Cl)cc1C(=O)N1C[C@@H](C)O[C@H](C)C1. The summed E-state index contributed by atoms with van der Waals surface area (Å²) in [5.41, 5.74) is 1.27. The van der Waals surface area contributed by atoms with Crippen molar-refractivity contribution in [2.45, 2.75) is 33.0 Å². The van der Waals surface area contributed by atoms with Crippen molar-refractivity contribution in [1.29, 1.82) is 0 Å². The van der Waals surface area contributed by atoms with E-state index in [0.717, 1.165) is 0 Å². The lowest BCUT2D eigenvalue weighted by Crippen LogP contribution is -2.48. The molecule has 2 aromatic rings. The van der Waals surface area contributed by atoms with Crippen molar-refractivity contribution in [3.63, 3.8) is 0 Å². The molecule has 4 nitrogen and oxygen atoms in total. The van der Waals surface area contributed by atoms with Gasteiger partial charge in [0.1, 0.15) is 11.5 Å². The summed E-state index contributed by atoms with van der Waals surface area (Å²) in [6, 6.07) is 6.93. The smallest absolute Gasteiger partial charge is 0.257 e. The van der Waals surface area contributed by atoms with Gasteiger partial charge in [-0.05, 0) is 45.0 Å². The zero-order valence-corrected chi connectivity index (χ0v) is 15.3. The normalized spacial score (nSPS) is 21.1. The Balaban J connectivity index is 1.90. The number of rotatable bonds is 2. The second-order valence-electron chi connectivity index (χ2n) is 6.17. The van der Waals surface area contributed by atoms with Crippen LogP contribution in [0, 0.1) is 6.92 Å². The quantitative estimate of drug-likeness (QED) is 0.764. The monoisotopic (exact) mass is 367 g/mol. The van der Waals surface area contributed by atoms with Gasteiger partial charge in [0.15, 0.2) is 0 Å². The molecule has 2 heterocycles. The van der Waals surface area contributed by atoms with E-state index in [4.69, 9.17) is 32.4 Å². The Hall–Kier alpha value is -1.49. The van der Waals surface area contributed by atoms with E-state index in [2.05, 4.69) is 0 Å². The molecule has 6 heteroatoms. The van der Waals surface area contributed by atoms with Gasteiger partial charge in [-0.15, -0.1) is 0 Å². The summed E-state index contributed by atoms with van der Waals surface area (Å²) in [7, 11) is 0. The van der Waals surface area contributed by atoms with Gasteiger partial charge in [-0.25, -0.2) is 0 Å². The van der Waals surface area contributed by atoms with Crippen molar-refractivity contribution in [3.8, 4) is 11.3 Å². The number of carbonyl (C=O) groups is 1. The third-order valence-corrected chi connectivity index (χ3v) is 4.60. The number of aryl methyl sites for hydroxylation is 1. The number of hydrogen-bond donors (Lipinski definition) is 0. The molecule has 0 radical (unpaired) electrons. The van der Waals surface area contributed by atoms with Crippen LogP contribution in [-0.4, -0.2) is 36.1 Å². The molecule has 1 aromatic carbocycles. The lowest BCUT2D eigenvalue weighted by Gasteiger charge is -2.35. The molecule has 2 atom stereocenters. The largest absolute Gasteiger partial charge is 0.460 e. The number of furan rings is 1. The second-order valence-corrected chi connectivity index (χ2v) is 7.02. The molecule has 128 valence electrons. The maximum Gasteiger partial charge on any atom is 0.257 e. The standard InChI is InChI=1S/C18H19Cl2NO3/c1-10-8-21(9-11(2)23-10)18(22)15-7-17(24-12(15)3)14-5-4-13(19)6-16(14)20/h4-7,10-11H,8-9H2,1-3H3/t10-,11-/m1/s1. The van der Waals surface area contributed by atoms with Crippen LogP contribution < -0.4 is 0 Å². The predicted molar refractivity (Wildman–Crippen MR) is 94.8 cm³/mol. The molecule has 3 rings (SSSR count). The minimum Gasteiger partial charge on any atom is -0.460 e. The Morgan fingerprint density at radius 1 is 1.17 bits per heavy atom. The number of amides is 1. The molecular formula is C18H19Cl2NO3. The maximum atomic E-state index is 12.9. The molecule has 1 saturated heterocycles. The summed E-state index contributed by atoms with van der Waals surface area (Å²) in [4.78, 5) is 14.7. The van der Waals surface area contributed by atoms with Crippen molar-refractivity contribution < 1.29 is 13.9 Å². The van der Waals surface area contributed by atoms with E-state index in [0.29, 0.717) is 45.8 Å². The van der Waals surface area contributed by atoms with Gasteiger partial charge in [0.2, 0.25) is 0 Å². The number of hydrogen-bond acceptors (Lipinski definition) is 3. The van der Waals surface area contributed by atoms with E-state index in [1.54, 1.807) is 31.2 Å². The van der Waals surface area contributed by atoms with E-state index in [1.807, 2.05) is 18.7 Å². The fourth-order valence-electron chi connectivity index (χ4n) is 3.03. The number of nitrogens with zero attached hydrogens (tertiary/aromatic N) is 1. The van der Waals surface area contributed by atoms with E-state index < -0.39 is 0 Å². The summed E-state index contributed by atoms with van der Waals surface area (Å²) >= 11 is 12.2. The molecule has 0 spiro atoms. The first kappa shape index (κ1) is 17.3. The highest BCUT2D eigenvalue weighted by molar-refractivity contribution is 6.36. The van der Waals surface area contributed by atoms with Crippen LogP contribution in [0.25, 0.3) is 11.3 Å². The third-order valence-electron chi connectivity index (χ3n) is 4.05. The van der Waals surface area contributed by atoms with Gasteiger partial charge in [-0.3, -0.25) is 4.79 Å². The first-order valence-electron chi connectivity index (χ1n) is 7.85. The first-order chi connectivity index (χ1) is 11.3. The molecule has 1 aromatic heterocycles. The molecule has 0 unspecified atom stereocenters. The highest BCUT2D eigenvalue weighted by Crippen LogP contribution is 2.33. The van der Waals surface area contributed by atoms with Gasteiger partial charge in [-0.2, -0.15) is 0 Å². The van der Waals surface area contributed by atoms with Gasteiger partial charge >= 0.3 is 0 Å². The topological polar surface area (TPSA) is 42.7 Å². The van der Waals surface area contributed by atoms with Crippen LogP contribution in [0.5, 0.6) is 0 Å². The van der Waals surface area contributed by atoms with Crippen LogP contribution in [-0.2, 0) is 4.74 Å². The summed E-state index contributed by atoms with van der Waals surface area (Å²) in [5.74, 6) is 1.09. The molecule has 0 bridgehead atoms. The Morgan fingerprint density at radius 2 is 1.83 bits per heavy atom.